The van der Waals surface area contributed by atoms with Gasteiger partial charge in [-0.3, -0.25) is 0 Å². The smallest absolute Gasteiger partial charge is 0.0540 e. The molecule has 1 fully saturated rings. The minimum atomic E-state index is -0.0424. The first-order valence-electron chi connectivity index (χ1n) is 6.00. The molecule has 0 aromatic carbocycles. The number of aromatic nitrogens is 1. The SMILES string of the molecule is Cc1cccn1[C@H](C)C1CCC(O)CC1. The second-order valence-corrected chi connectivity index (χ2v) is 4.87. The van der Waals surface area contributed by atoms with Crippen LogP contribution in [0.5, 0.6) is 0 Å². The second kappa shape index (κ2) is 4.40. The van der Waals surface area contributed by atoms with Gasteiger partial charge in [-0.2, -0.15) is 0 Å². The lowest BCUT2D eigenvalue weighted by atomic mass is 9.83. The number of aryl methyl sites for hydroxylation is 1. The summed E-state index contributed by atoms with van der Waals surface area (Å²) in [6.45, 7) is 4.46. The first-order chi connectivity index (χ1) is 7.18. The van der Waals surface area contributed by atoms with Crippen molar-refractivity contribution in [3.63, 3.8) is 0 Å². The molecule has 1 aliphatic rings. The van der Waals surface area contributed by atoms with Crippen LogP contribution in [0.3, 0.4) is 0 Å². The minimum Gasteiger partial charge on any atom is -0.393 e. The van der Waals surface area contributed by atoms with Crippen molar-refractivity contribution in [3.05, 3.63) is 24.0 Å². The standard InChI is InChI=1S/C13H21NO/c1-10-4-3-9-14(10)11(2)12-5-7-13(15)8-6-12/h3-4,9,11-13,15H,5-8H2,1-2H3/t11-,12?,13?/m1/s1. The summed E-state index contributed by atoms with van der Waals surface area (Å²) in [7, 11) is 0. The molecule has 0 amide bonds. The molecule has 1 saturated carbocycles. The molecule has 1 aromatic rings. The van der Waals surface area contributed by atoms with E-state index in [9.17, 15) is 5.11 Å². The van der Waals surface area contributed by atoms with E-state index in [1.165, 1.54) is 18.5 Å². The van der Waals surface area contributed by atoms with Gasteiger partial charge in [0.25, 0.3) is 0 Å². The van der Waals surface area contributed by atoms with Gasteiger partial charge in [-0.25, -0.2) is 0 Å². The molecule has 0 spiro atoms. The Balaban J connectivity index is 2.02. The third-order valence-electron chi connectivity index (χ3n) is 3.85. The van der Waals surface area contributed by atoms with E-state index in [-0.39, 0.29) is 6.10 Å². The normalized spacial score (nSPS) is 29.0. The Kier molecular flexibility index (Phi) is 3.15. The lowest BCUT2D eigenvalue weighted by Crippen LogP contribution is -2.24. The molecule has 1 aromatic heterocycles. The fourth-order valence-corrected chi connectivity index (χ4v) is 2.75. The van der Waals surface area contributed by atoms with Crippen molar-refractivity contribution >= 4 is 0 Å². The molecular weight excluding hydrogens is 186 g/mol. The Bertz CT molecular complexity index is 310. The van der Waals surface area contributed by atoms with Crippen molar-refractivity contribution in [3.8, 4) is 0 Å². The molecule has 1 heterocycles. The Morgan fingerprint density at radius 1 is 1.33 bits per heavy atom. The average Bonchev–Trinajstić information content (AvgIpc) is 2.65. The van der Waals surface area contributed by atoms with Crippen LogP contribution in [0.2, 0.25) is 0 Å². The van der Waals surface area contributed by atoms with E-state index in [2.05, 4.69) is 36.7 Å². The minimum absolute atomic E-state index is 0.0424. The lowest BCUT2D eigenvalue weighted by molar-refractivity contribution is 0.0949. The molecule has 0 unspecified atom stereocenters. The topological polar surface area (TPSA) is 25.2 Å². The maximum Gasteiger partial charge on any atom is 0.0540 e. The van der Waals surface area contributed by atoms with E-state index in [4.69, 9.17) is 0 Å². The number of hydrogen-bond donors (Lipinski definition) is 1. The third-order valence-corrected chi connectivity index (χ3v) is 3.85. The van der Waals surface area contributed by atoms with E-state index < -0.39 is 0 Å². The van der Waals surface area contributed by atoms with Crippen molar-refractivity contribution in [1.29, 1.82) is 0 Å². The van der Waals surface area contributed by atoms with Crippen LogP contribution in [-0.4, -0.2) is 15.8 Å². The first kappa shape index (κ1) is 10.7. The van der Waals surface area contributed by atoms with E-state index in [1.807, 2.05) is 0 Å². The molecule has 1 aliphatic carbocycles. The molecule has 2 nitrogen and oxygen atoms in total. The van der Waals surface area contributed by atoms with Crippen LogP contribution in [0.1, 0.15) is 44.3 Å². The molecule has 84 valence electrons. The Morgan fingerprint density at radius 3 is 2.53 bits per heavy atom. The Morgan fingerprint density at radius 2 is 2.00 bits per heavy atom. The molecule has 0 aliphatic heterocycles. The van der Waals surface area contributed by atoms with E-state index in [0.717, 1.165) is 18.8 Å². The van der Waals surface area contributed by atoms with Gasteiger partial charge in [0.2, 0.25) is 0 Å². The van der Waals surface area contributed by atoms with Crippen molar-refractivity contribution in [2.24, 2.45) is 5.92 Å². The van der Waals surface area contributed by atoms with Crippen molar-refractivity contribution in [2.75, 3.05) is 0 Å². The van der Waals surface area contributed by atoms with Crippen LogP contribution in [0.25, 0.3) is 0 Å². The summed E-state index contributed by atoms with van der Waals surface area (Å²) in [6.07, 6.45) is 6.43. The summed E-state index contributed by atoms with van der Waals surface area (Å²) in [5.41, 5.74) is 1.34. The average molecular weight is 207 g/mol. The van der Waals surface area contributed by atoms with Crippen molar-refractivity contribution < 1.29 is 5.11 Å². The van der Waals surface area contributed by atoms with Gasteiger partial charge in [0.1, 0.15) is 0 Å². The zero-order valence-corrected chi connectivity index (χ0v) is 9.69. The summed E-state index contributed by atoms with van der Waals surface area (Å²) < 4.78 is 2.36. The Labute approximate surface area is 91.9 Å². The molecule has 2 rings (SSSR count). The summed E-state index contributed by atoms with van der Waals surface area (Å²) in [4.78, 5) is 0. The van der Waals surface area contributed by atoms with Gasteiger partial charge in [0.05, 0.1) is 6.10 Å². The summed E-state index contributed by atoms with van der Waals surface area (Å²) >= 11 is 0. The highest BCUT2D eigenvalue weighted by molar-refractivity contribution is 5.06. The number of nitrogens with zero attached hydrogens (tertiary/aromatic N) is 1. The highest BCUT2D eigenvalue weighted by Gasteiger charge is 2.25. The number of aliphatic hydroxyl groups is 1. The summed E-state index contributed by atoms with van der Waals surface area (Å²) in [6, 6.07) is 4.85. The molecule has 1 N–H and O–H groups in total. The highest BCUT2D eigenvalue weighted by atomic mass is 16.3. The monoisotopic (exact) mass is 207 g/mol. The van der Waals surface area contributed by atoms with Crippen LogP contribution in [0.4, 0.5) is 0 Å². The van der Waals surface area contributed by atoms with Gasteiger partial charge in [0.15, 0.2) is 0 Å². The summed E-state index contributed by atoms with van der Waals surface area (Å²) in [5, 5.41) is 9.49. The number of rotatable bonds is 2. The van der Waals surface area contributed by atoms with Crippen LogP contribution in [0.15, 0.2) is 18.3 Å². The predicted molar refractivity (Wildman–Crippen MR) is 61.8 cm³/mol. The molecule has 0 radical (unpaired) electrons. The van der Waals surface area contributed by atoms with Gasteiger partial charge in [-0.1, -0.05) is 0 Å². The number of aliphatic hydroxyl groups excluding tert-OH is 1. The maximum absolute atomic E-state index is 9.49. The quantitative estimate of drug-likeness (QED) is 0.792. The second-order valence-electron chi connectivity index (χ2n) is 4.87. The van der Waals surface area contributed by atoms with Gasteiger partial charge < -0.3 is 9.67 Å². The molecule has 15 heavy (non-hydrogen) atoms. The fourth-order valence-electron chi connectivity index (χ4n) is 2.75. The summed E-state index contributed by atoms with van der Waals surface area (Å²) in [5.74, 6) is 0.736. The molecule has 2 heteroatoms. The molecular formula is C13H21NO. The third kappa shape index (κ3) is 2.25. The van der Waals surface area contributed by atoms with Crippen LogP contribution in [-0.2, 0) is 0 Å². The maximum atomic E-state index is 9.49. The van der Waals surface area contributed by atoms with Crippen LogP contribution < -0.4 is 0 Å². The zero-order valence-electron chi connectivity index (χ0n) is 9.69. The molecule has 0 saturated heterocycles. The highest BCUT2D eigenvalue weighted by Crippen LogP contribution is 2.33. The zero-order chi connectivity index (χ0) is 10.8. The first-order valence-corrected chi connectivity index (χ1v) is 6.00. The lowest BCUT2D eigenvalue weighted by Gasteiger charge is -2.31. The van der Waals surface area contributed by atoms with E-state index >= 15 is 0 Å². The predicted octanol–water partition coefficient (Wildman–Crippen LogP) is 2.91. The van der Waals surface area contributed by atoms with Crippen molar-refractivity contribution in [2.45, 2.75) is 51.7 Å². The van der Waals surface area contributed by atoms with Crippen LogP contribution in [0, 0.1) is 12.8 Å². The van der Waals surface area contributed by atoms with Gasteiger partial charge in [0, 0.05) is 17.9 Å². The van der Waals surface area contributed by atoms with Gasteiger partial charge >= 0.3 is 0 Å². The van der Waals surface area contributed by atoms with Gasteiger partial charge in [-0.15, -0.1) is 0 Å². The Hall–Kier alpha value is -0.760. The number of hydrogen-bond acceptors (Lipinski definition) is 1. The van der Waals surface area contributed by atoms with E-state index in [0.29, 0.717) is 6.04 Å². The fraction of sp³-hybridized carbons (Fsp3) is 0.692. The van der Waals surface area contributed by atoms with Gasteiger partial charge in [-0.05, 0) is 57.6 Å². The van der Waals surface area contributed by atoms with Crippen molar-refractivity contribution in [1.82, 2.24) is 4.57 Å². The largest absolute Gasteiger partial charge is 0.393 e. The van der Waals surface area contributed by atoms with Crippen LogP contribution >= 0.6 is 0 Å². The van der Waals surface area contributed by atoms with E-state index in [1.54, 1.807) is 0 Å². The molecule has 0 bridgehead atoms. The molecule has 1 atom stereocenters.